The summed E-state index contributed by atoms with van der Waals surface area (Å²) in [6, 6.07) is 8.56. The van der Waals surface area contributed by atoms with Crippen LogP contribution in [-0.4, -0.2) is 25.7 Å². The van der Waals surface area contributed by atoms with E-state index in [0.717, 1.165) is 5.56 Å². The number of hydrogen-bond acceptors (Lipinski definition) is 4. The van der Waals surface area contributed by atoms with Gasteiger partial charge in [-0.05, 0) is 24.3 Å². The van der Waals surface area contributed by atoms with Crippen LogP contribution in [0.1, 0.15) is 5.56 Å². The monoisotopic (exact) mass is 377 g/mol. The van der Waals surface area contributed by atoms with Gasteiger partial charge in [0.1, 0.15) is 25.6 Å². The Morgan fingerprint density at radius 1 is 0.960 bits per heavy atom. The van der Waals surface area contributed by atoms with Gasteiger partial charge in [-0.15, -0.1) is 0 Å². The van der Waals surface area contributed by atoms with Gasteiger partial charge in [0.25, 0.3) is 5.91 Å². The van der Waals surface area contributed by atoms with Crippen molar-refractivity contribution in [1.29, 1.82) is 0 Å². The molecule has 7 heteroatoms. The summed E-state index contributed by atoms with van der Waals surface area (Å²) in [6.07, 6.45) is 1.76. The van der Waals surface area contributed by atoms with Gasteiger partial charge < -0.3 is 19.5 Å². The summed E-state index contributed by atoms with van der Waals surface area (Å²) >= 11 is 12.2. The van der Waals surface area contributed by atoms with Crippen LogP contribution in [-0.2, 0) is 4.79 Å². The number of ether oxygens (including phenoxy) is 3. The smallest absolute Gasteiger partial charge is 0.255 e. The summed E-state index contributed by atoms with van der Waals surface area (Å²) in [5.74, 6) is 1.51. The molecule has 0 bridgehead atoms. The van der Waals surface area contributed by atoms with Crippen LogP contribution in [0.5, 0.6) is 17.2 Å². The molecule has 128 valence electrons. The molecule has 0 fully saturated rings. The standard InChI is InChI=1S/C18H13Cl2NO4/c19-12-1-2-15-10(6-12)5-11(9-25-15)18(22)21-14-8-17-16(7-13(14)20)23-3-4-24-17/h1-2,5-8H,3-4,9H2,(H,21,22). The van der Waals surface area contributed by atoms with Crippen molar-refractivity contribution >= 4 is 40.9 Å². The molecule has 0 saturated heterocycles. The highest BCUT2D eigenvalue weighted by Gasteiger charge is 2.20. The minimum absolute atomic E-state index is 0.169. The van der Waals surface area contributed by atoms with Crippen molar-refractivity contribution in [1.82, 2.24) is 0 Å². The normalized spacial score (nSPS) is 14.9. The zero-order valence-corrected chi connectivity index (χ0v) is 14.5. The summed E-state index contributed by atoms with van der Waals surface area (Å²) in [4.78, 5) is 12.6. The van der Waals surface area contributed by atoms with Crippen LogP contribution < -0.4 is 19.5 Å². The molecule has 4 rings (SSSR count). The Kier molecular flexibility index (Phi) is 4.19. The molecular formula is C18H13Cl2NO4. The van der Waals surface area contributed by atoms with Crippen molar-refractivity contribution in [3.8, 4) is 17.2 Å². The van der Waals surface area contributed by atoms with Crippen molar-refractivity contribution in [2.75, 3.05) is 25.1 Å². The minimum atomic E-state index is -0.302. The van der Waals surface area contributed by atoms with Crippen molar-refractivity contribution in [2.45, 2.75) is 0 Å². The van der Waals surface area contributed by atoms with Crippen molar-refractivity contribution < 1.29 is 19.0 Å². The molecule has 0 radical (unpaired) electrons. The van der Waals surface area contributed by atoms with Gasteiger partial charge in [0.15, 0.2) is 11.5 Å². The van der Waals surface area contributed by atoms with Crippen LogP contribution in [0, 0.1) is 0 Å². The molecular weight excluding hydrogens is 365 g/mol. The maximum absolute atomic E-state index is 12.6. The average molecular weight is 378 g/mol. The second kappa shape index (κ2) is 6.50. The molecule has 5 nitrogen and oxygen atoms in total. The molecule has 0 atom stereocenters. The SMILES string of the molecule is O=C(Nc1cc2c(cc1Cl)OCCO2)C1=Cc2cc(Cl)ccc2OC1. The number of rotatable bonds is 2. The van der Waals surface area contributed by atoms with E-state index < -0.39 is 0 Å². The molecule has 0 spiro atoms. The first-order valence-corrected chi connectivity index (χ1v) is 8.39. The van der Waals surface area contributed by atoms with Gasteiger partial charge >= 0.3 is 0 Å². The van der Waals surface area contributed by atoms with Crippen LogP contribution in [0.15, 0.2) is 35.9 Å². The van der Waals surface area contributed by atoms with Gasteiger partial charge in [-0.1, -0.05) is 23.2 Å². The molecule has 0 aliphatic carbocycles. The lowest BCUT2D eigenvalue weighted by Gasteiger charge is -2.21. The largest absolute Gasteiger partial charge is 0.488 e. The maximum Gasteiger partial charge on any atom is 0.255 e. The highest BCUT2D eigenvalue weighted by Crippen LogP contribution is 2.38. The minimum Gasteiger partial charge on any atom is -0.488 e. The third-order valence-electron chi connectivity index (χ3n) is 3.86. The molecule has 2 heterocycles. The summed E-state index contributed by atoms with van der Waals surface area (Å²) in [7, 11) is 0. The Bertz CT molecular complexity index is 895. The van der Waals surface area contributed by atoms with E-state index in [1.165, 1.54) is 0 Å². The predicted molar refractivity (Wildman–Crippen MR) is 96.0 cm³/mol. The maximum atomic E-state index is 12.6. The van der Waals surface area contributed by atoms with E-state index in [1.807, 2.05) is 0 Å². The van der Waals surface area contributed by atoms with E-state index in [1.54, 1.807) is 36.4 Å². The molecule has 0 aromatic heterocycles. The number of hydrogen-bond donors (Lipinski definition) is 1. The topological polar surface area (TPSA) is 56.8 Å². The van der Waals surface area contributed by atoms with Gasteiger partial charge in [0.05, 0.1) is 16.3 Å². The predicted octanol–water partition coefficient (Wildman–Crippen LogP) is 4.18. The molecule has 1 N–H and O–H groups in total. The zero-order chi connectivity index (χ0) is 17.4. The quantitative estimate of drug-likeness (QED) is 0.852. The Morgan fingerprint density at radius 3 is 2.52 bits per heavy atom. The molecule has 0 unspecified atom stereocenters. The molecule has 2 aliphatic heterocycles. The van der Waals surface area contributed by atoms with E-state index in [4.69, 9.17) is 37.4 Å². The Balaban J connectivity index is 1.58. The fourth-order valence-corrected chi connectivity index (χ4v) is 3.02. The summed E-state index contributed by atoms with van der Waals surface area (Å²) in [5, 5.41) is 3.74. The Labute approximate surface area is 154 Å². The van der Waals surface area contributed by atoms with Crippen LogP contribution in [0.2, 0.25) is 10.0 Å². The number of carbonyl (C=O) groups excluding carboxylic acids is 1. The van der Waals surface area contributed by atoms with Crippen LogP contribution >= 0.6 is 23.2 Å². The number of benzene rings is 2. The lowest BCUT2D eigenvalue weighted by atomic mass is 10.1. The summed E-state index contributed by atoms with van der Waals surface area (Å²) in [6.45, 7) is 1.10. The van der Waals surface area contributed by atoms with Crippen LogP contribution in [0.25, 0.3) is 6.08 Å². The van der Waals surface area contributed by atoms with Gasteiger partial charge in [-0.3, -0.25) is 4.79 Å². The zero-order valence-electron chi connectivity index (χ0n) is 13.0. The number of fused-ring (bicyclic) bond motifs is 2. The second-order valence-corrected chi connectivity index (χ2v) is 6.41. The first kappa shape index (κ1) is 16.1. The van der Waals surface area contributed by atoms with Crippen molar-refractivity contribution in [2.24, 2.45) is 0 Å². The fraction of sp³-hybridized carbons (Fsp3) is 0.167. The fourth-order valence-electron chi connectivity index (χ4n) is 2.64. The van der Waals surface area contributed by atoms with E-state index in [9.17, 15) is 4.79 Å². The van der Waals surface area contributed by atoms with Crippen molar-refractivity contribution in [3.05, 3.63) is 51.5 Å². The number of amides is 1. The number of nitrogens with one attached hydrogen (secondary N) is 1. The highest BCUT2D eigenvalue weighted by atomic mass is 35.5. The first-order valence-electron chi connectivity index (χ1n) is 7.63. The Morgan fingerprint density at radius 2 is 1.72 bits per heavy atom. The number of halogens is 2. The summed E-state index contributed by atoms with van der Waals surface area (Å²) < 4.78 is 16.6. The van der Waals surface area contributed by atoms with Crippen LogP contribution in [0.3, 0.4) is 0 Å². The second-order valence-electron chi connectivity index (χ2n) is 5.57. The number of carbonyl (C=O) groups is 1. The molecule has 0 saturated carbocycles. The number of anilines is 1. The van der Waals surface area contributed by atoms with E-state index in [-0.39, 0.29) is 12.5 Å². The van der Waals surface area contributed by atoms with E-state index in [0.29, 0.717) is 51.8 Å². The van der Waals surface area contributed by atoms with E-state index in [2.05, 4.69) is 5.32 Å². The molecule has 2 aromatic rings. The van der Waals surface area contributed by atoms with Crippen molar-refractivity contribution in [3.63, 3.8) is 0 Å². The van der Waals surface area contributed by atoms with Gasteiger partial charge in [0, 0.05) is 22.7 Å². The average Bonchev–Trinajstić information content (AvgIpc) is 2.61. The summed E-state index contributed by atoms with van der Waals surface area (Å²) in [5.41, 5.74) is 1.69. The Hall–Kier alpha value is -2.37. The molecule has 2 aromatic carbocycles. The lowest BCUT2D eigenvalue weighted by Crippen LogP contribution is -2.22. The molecule has 1 amide bonds. The van der Waals surface area contributed by atoms with Gasteiger partial charge in [0.2, 0.25) is 0 Å². The lowest BCUT2D eigenvalue weighted by molar-refractivity contribution is -0.113. The highest BCUT2D eigenvalue weighted by molar-refractivity contribution is 6.34. The van der Waals surface area contributed by atoms with E-state index >= 15 is 0 Å². The third-order valence-corrected chi connectivity index (χ3v) is 4.40. The third kappa shape index (κ3) is 3.25. The first-order chi connectivity index (χ1) is 12.1. The van der Waals surface area contributed by atoms with Gasteiger partial charge in [-0.2, -0.15) is 0 Å². The van der Waals surface area contributed by atoms with Crippen LogP contribution in [0.4, 0.5) is 5.69 Å². The van der Waals surface area contributed by atoms with Gasteiger partial charge in [-0.25, -0.2) is 0 Å². The molecule has 2 aliphatic rings. The molecule has 25 heavy (non-hydrogen) atoms.